The smallest absolute Gasteiger partial charge is 0.294 e. The molecule has 1 N–H and O–H groups in total. The number of anilines is 1. The minimum atomic E-state index is -0.495. The fourth-order valence-electron chi connectivity index (χ4n) is 4.81. The number of aryl methyl sites for hydroxylation is 1. The lowest BCUT2D eigenvalue weighted by Crippen LogP contribution is -2.29. The van der Waals surface area contributed by atoms with Crippen LogP contribution in [0, 0.1) is 12.7 Å². The van der Waals surface area contributed by atoms with E-state index >= 15 is 0 Å². The van der Waals surface area contributed by atoms with Gasteiger partial charge in [-0.2, -0.15) is 0 Å². The maximum atomic E-state index is 13.9. The average Bonchev–Trinajstić information content (AvgIpc) is 3.53. The molecule has 4 heterocycles. The fourth-order valence-corrected chi connectivity index (χ4v) is 4.97. The Hall–Kier alpha value is -3.30. The molecule has 2 aromatic heterocycles. The molecule has 0 saturated carbocycles. The lowest BCUT2D eigenvalue weighted by atomic mass is 10.0. The number of halogens is 2. The van der Waals surface area contributed by atoms with Gasteiger partial charge in [-0.25, -0.2) is 4.39 Å². The minimum Gasteiger partial charge on any atom is -0.381 e. The summed E-state index contributed by atoms with van der Waals surface area (Å²) >= 11 is 5.97. The molecule has 1 amide bonds. The number of H-pyrrole nitrogens is 1. The van der Waals surface area contributed by atoms with Gasteiger partial charge in [-0.05, 0) is 55.2 Å². The standard InChI is InChI=1S/C23H19ClFN5O3/c1-11-6-19-17(26-22(31)21-28-27-20(30(19)21)13-3-5-33-10-13)8-14(11)23(32)29-4-2-12-7-16(25)15(24)9-18(12)29/h6-9,13H,2-5,10H2,1H3,(H,26,31). The monoisotopic (exact) mass is 467 g/mol. The summed E-state index contributed by atoms with van der Waals surface area (Å²) in [7, 11) is 0. The van der Waals surface area contributed by atoms with Crippen LogP contribution >= 0.6 is 11.6 Å². The summed E-state index contributed by atoms with van der Waals surface area (Å²) in [5.74, 6) is 0.00983. The molecule has 2 aliphatic rings. The first kappa shape index (κ1) is 20.3. The molecule has 6 rings (SSSR count). The van der Waals surface area contributed by atoms with Crippen LogP contribution in [0.5, 0.6) is 0 Å². The molecule has 33 heavy (non-hydrogen) atoms. The molecule has 1 fully saturated rings. The zero-order valence-electron chi connectivity index (χ0n) is 17.7. The van der Waals surface area contributed by atoms with Crippen LogP contribution < -0.4 is 10.5 Å². The number of ether oxygens (including phenoxy) is 1. The third kappa shape index (κ3) is 3.07. The molecule has 2 aromatic carbocycles. The van der Waals surface area contributed by atoms with E-state index in [2.05, 4.69) is 15.2 Å². The zero-order valence-corrected chi connectivity index (χ0v) is 18.4. The Balaban J connectivity index is 1.49. The summed E-state index contributed by atoms with van der Waals surface area (Å²) in [5.41, 5.74) is 3.61. The fraction of sp³-hybridized carbons (Fsp3) is 0.304. The number of carbonyl (C=O) groups excluding carboxylic acids is 1. The molecule has 0 spiro atoms. The maximum Gasteiger partial charge on any atom is 0.294 e. The number of amides is 1. The highest BCUT2D eigenvalue weighted by Gasteiger charge is 2.29. The molecule has 2 aliphatic heterocycles. The molecular weight excluding hydrogens is 449 g/mol. The third-order valence-electron chi connectivity index (χ3n) is 6.51. The SMILES string of the molecule is Cc1cc2c(cc1C(=O)N1CCc3cc(F)c(Cl)cc31)[nH]c(=O)c1nnc(C3CCOC3)n12. The second-order valence-electron chi connectivity index (χ2n) is 8.52. The van der Waals surface area contributed by atoms with Crippen LogP contribution in [-0.4, -0.2) is 45.2 Å². The third-order valence-corrected chi connectivity index (χ3v) is 6.80. The number of nitrogens with one attached hydrogen (secondary N) is 1. The van der Waals surface area contributed by atoms with E-state index in [-0.39, 0.29) is 28.1 Å². The summed E-state index contributed by atoms with van der Waals surface area (Å²) in [4.78, 5) is 30.7. The van der Waals surface area contributed by atoms with Gasteiger partial charge >= 0.3 is 0 Å². The predicted octanol–water partition coefficient (Wildman–Crippen LogP) is 3.38. The highest BCUT2D eigenvalue weighted by atomic mass is 35.5. The molecule has 1 atom stereocenters. The van der Waals surface area contributed by atoms with Gasteiger partial charge in [0.15, 0.2) is 0 Å². The van der Waals surface area contributed by atoms with E-state index in [1.165, 1.54) is 12.1 Å². The van der Waals surface area contributed by atoms with Crippen molar-refractivity contribution in [3.63, 3.8) is 0 Å². The molecule has 0 aliphatic carbocycles. The quantitative estimate of drug-likeness (QED) is 0.488. The van der Waals surface area contributed by atoms with Crippen molar-refractivity contribution >= 4 is 39.9 Å². The van der Waals surface area contributed by atoms with Crippen molar-refractivity contribution in [3.8, 4) is 0 Å². The highest BCUT2D eigenvalue weighted by molar-refractivity contribution is 6.31. The van der Waals surface area contributed by atoms with Gasteiger partial charge in [0.1, 0.15) is 11.6 Å². The Kier molecular flexibility index (Phi) is 4.53. The second-order valence-corrected chi connectivity index (χ2v) is 8.93. The van der Waals surface area contributed by atoms with Crippen LogP contribution in [0.3, 0.4) is 0 Å². The summed E-state index contributed by atoms with van der Waals surface area (Å²) in [6.45, 7) is 3.45. The summed E-state index contributed by atoms with van der Waals surface area (Å²) in [6.07, 6.45) is 1.36. The van der Waals surface area contributed by atoms with Crippen molar-refractivity contribution < 1.29 is 13.9 Å². The van der Waals surface area contributed by atoms with E-state index in [0.717, 1.165) is 23.1 Å². The Morgan fingerprint density at radius 1 is 1.27 bits per heavy atom. The number of nitrogens with zero attached hydrogens (tertiary/aromatic N) is 4. The normalized spacial score (nSPS) is 17.9. The van der Waals surface area contributed by atoms with Crippen LogP contribution in [0.25, 0.3) is 16.7 Å². The number of aromatic amines is 1. The van der Waals surface area contributed by atoms with Crippen LogP contribution in [-0.2, 0) is 11.2 Å². The largest absolute Gasteiger partial charge is 0.381 e. The molecule has 4 aromatic rings. The van der Waals surface area contributed by atoms with E-state index in [9.17, 15) is 14.0 Å². The van der Waals surface area contributed by atoms with Gasteiger partial charge in [0.2, 0.25) is 5.65 Å². The molecule has 8 nitrogen and oxygen atoms in total. The summed E-state index contributed by atoms with van der Waals surface area (Å²) < 4.78 is 21.1. The number of hydrogen-bond donors (Lipinski definition) is 1. The van der Waals surface area contributed by atoms with Crippen LogP contribution in [0.1, 0.15) is 39.6 Å². The zero-order chi connectivity index (χ0) is 22.9. The maximum absolute atomic E-state index is 13.9. The van der Waals surface area contributed by atoms with Crippen molar-refractivity contribution in [1.82, 2.24) is 19.6 Å². The number of hydrogen-bond acceptors (Lipinski definition) is 5. The molecule has 0 radical (unpaired) electrons. The number of carbonyl (C=O) groups is 1. The number of rotatable bonds is 2. The van der Waals surface area contributed by atoms with E-state index in [4.69, 9.17) is 16.3 Å². The van der Waals surface area contributed by atoms with Gasteiger partial charge in [0.25, 0.3) is 11.5 Å². The average molecular weight is 468 g/mol. The van der Waals surface area contributed by atoms with Crippen molar-refractivity contribution in [1.29, 1.82) is 0 Å². The Morgan fingerprint density at radius 2 is 2.12 bits per heavy atom. The van der Waals surface area contributed by atoms with Gasteiger partial charge in [-0.15, -0.1) is 10.2 Å². The van der Waals surface area contributed by atoms with Gasteiger partial charge in [0, 0.05) is 30.3 Å². The van der Waals surface area contributed by atoms with Crippen LogP contribution in [0.2, 0.25) is 5.02 Å². The Morgan fingerprint density at radius 3 is 2.91 bits per heavy atom. The molecular formula is C23H19ClFN5O3. The van der Waals surface area contributed by atoms with E-state index in [0.29, 0.717) is 48.8 Å². The van der Waals surface area contributed by atoms with E-state index < -0.39 is 5.82 Å². The van der Waals surface area contributed by atoms with E-state index in [1.807, 2.05) is 13.0 Å². The lowest BCUT2D eigenvalue weighted by molar-refractivity contribution is 0.0989. The van der Waals surface area contributed by atoms with E-state index in [1.54, 1.807) is 15.4 Å². The van der Waals surface area contributed by atoms with Crippen LogP contribution in [0.15, 0.2) is 29.1 Å². The van der Waals surface area contributed by atoms with Crippen molar-refractivity contribution in [2.24, 2.45) is 0 Å². The van der Waals surface area contributed by atoms with Gasteiger partial charge in [0.05, 0.1) is 22.7 Å². The number of aromatic nitrogens is 4. The van der Waals surface area contributed by atoms with Crippen LogP contribution in [0.4, 0.5) is 10.1 Å². The first-order valence-electron chi connectivity index (χ1n) is 10.7. The lowest BCUT2D eigenvalue weighted by Gasteiger charge is -2.19. The van der Waals surface area contributed by atoms with Crippen molar-refractivity contribution in [3.05, 3.63) is 68.0 Å². The molecule has 1 unspecified atom stereocenters. The van der Waals surface area contributed by atoms with Gasteiger partial charge < -0.3 is 14.6 Å². The molecule has 0 bridgehead atoms. The first-order chi connectivity index (χ1) is 15.9. The topological polar surface area (TPSA) is 92.6 Å². The number of benzene rings is 2. The Bertz CT molecular complexity index is 1520. The minimum absolute atomic E-state index is 0.0218. The second kappa shape index (κ2) is 7.36. The van der Waals surface area contributed by atoms with Gasteiger partial charge in [-0.3, -0.25) is 14.0 Å². The number of fused-ring (bicyclic) bond motifs is 4. The molecule has 168 valence electrons. The highest BCUT2D eigenvalue weighted by Crippen LogP contribution is 2.34. The summed E-state index contributed by atoms with van der Waals surface area (Å²) in [6, 6.07) is 6.42. The Labute approximate surface area is 191 Å². The predicted molar refractivity (Wildman–Crippen MR) is 121 cm³/mol. The summed E-state index contributed by atoms with van der Waals surface area (Å²) in [5, 5.41) is 8.35. The molecule has 10 heteroatoms. The van der Waals surface area contributed by atoms with Gasteiger partial charge in [-0.1, -0.05) is 11.6 Å². The first-order valence-corrected chi connectivity index (χ1v) is 11.1. The molecule has 1 saturated heterocycles. The van der Waals surface area contributed by atoms with Crippen molar-refractivity contribution in [2.45, 2.75) is 25.7 Å². The van der Waals surface area contributed by atoms with Crippen molar-refractivity contribution in [2.75, 3.05) is 24.7 Å².